The van der Waals surface area contributed by atoms with Gasteiger partial charge in [0, 0.05) is 11.6 Å². The van der Waals surface area contributed by atoms with Crippen LogP contribution in [0.15, 0.2) is 36.4 Å². The summed E-state index contributed by atoms with van der Waals surface area (Å²) in [4.78, 5) is 11.0. The van der Waals surface area contributed by atoms with Gasteiger partial charge in [-0.15, -0.1) is 0 Å². The number of aliphatic hydroxyl groups is 1. The van der Waals surface area contributed by atoms with Crippen molar-refractivity contribution in [2.24, 2.45) is 0 Å². The van der Waals surface area contributed by atoms with Crippen LogP contribution in [0.5, 0.6) is 0 Å². The summed E-state index contributed by atoms with van der Waals surface area (Å²) in [5, 5.41) is 17.5. The number of aromatic carboxylic acids is 1. The van der Waals surface area contributed by atoms with Crippen LogP contribution in [-0.4, -0.2) is 22.3 Å². The van der Waals surface area contributed by atoms with Crippen LogP contribution in [0.2, 0.25) is 0 Å². The van der Waals surface area contributed by atoms with Crippen molar-refractivity contribution in [1.82, 2.24) is 0 Å². The quantitative estimate of drug-likeness (QED) is 0.850. The van der Waals surface area contributed by atoms with E-state index in [2.05, 4.69) is 0 Å². The van der Waals surface area contributed by atoms with Gasteiger partial charge in [0.15, 0.2) is 0 Å². The fourth-order valence-corrected chi connectivity index (χ4v) is 2.04. The molecule has 0 aromatic heterocycles. The molecule has 0 aliphatic carbocycles. The highest BCUT2D eigenvalue weighted by molar-refractivity contribution is 5.89. The van der Waals surface area contributed by atoms with Gasteiger partial charge in [-0.25, -0.2) is 13.6 Å². The number of carboxylic acids is 1. The molecule has 0 radical (unpaired) electrons. The number of benzene rings is 2. The Balaban J connectivity index is 2.57. The summed E-state index contributed by atoms with van der Waals surface area (Å²) in [6, 6.07) is 5.80. The van der Waals surface area contributed by atoms with Gasteiger partial charge < -0.3 is 10.2 Å². The van der Waals surface area contributed by atoms with Gasteiger partial charge in [0.25, 0.3) is 0 Å². The third-order valence-corrected chi connectivity index (χ3v) is 2.90. The van der Waals surface area contributed by atoms with Crippen molar-refractivity contribution in [3.8, 4) is 11.1 Å². The maximum atomic E-state index is 13.8. The fourth-order valence-electron chi connectivity index (χ4n) is 2.04. The molecule has 2 N–H and O–H groups in total. The minimum atomic E-state index is -4.03. The number of hydrogen-bond acceptors (Lipinski definition) is 2. The van der Waals surface area contributed by atoms with Crippen LogP contribution < -0.4 is 0 Å². The molecule has 0 fully saturated rings. The molecule has 0 spiro atoms. The van der Waals surface area contributed by atoms with Gasteiger partial charge in [-0.1, -0.05) is 6.07 Å². The molecule has 0 aliphatic rings. The van der Waals surface area contributed by atoms with Crippen LogP contribution in [0.25, 0.3) is 11.1 Å². The van der Waals surface area contributed by atoms with E-state index >= 15 is 0 Å². The highest BCUT2D eigenvalue weighted by atomic mass is 19.3. The first-order valence-electron chi connectivity index (χ1n) is 6.08. The average Bonchev–Trinajstić information content (AvgIpc) is 2.36. The Morgan fingerprint density at radius 3 is 2.32 bits per heavy atom. The molecular weight excluding hydrogens is 304 g/mol. The van der Waals surface area contributed by atoms with Gasteiger partial charge in [-0.2, -0.15) is 8.78 Å². The summed E-state index contributed by atoms with van der Waals surface area (Å²) >= 11 is 0. The first-order valence-corrected chi connectivity index (χ1v) is 6.08. The van der Waals surface area contributed by atoms with Gasteiger partial charge in [-0.05, 0) is 35.4 Å². The van der Waals surface area contributed by atoms with Crippen molar-refractivity contribution in [2.45, 2.75) is 12.5 Å². The molecule has 3 nitrogen and oxygen atoms in total. The molecule has 7 heteroatoms. The summed E-state index contributed by atoms with van der Waals surface area (Å²) in [5.41, 5.74) is -0.671. The lowest BCUT2D eigenvalue weighted by molar-refractivity contribution is -0.196. The highest BCUT2D eigenvalue weighted by Gasteiger charge is 2.25. The van der Waals surface area contributed by atoms with Crippen molar-refractivity contribution < 1.29 is 32.6 Å². The number of rotatable bonds is 4. The zero-order valence-electron chi connectivity index (χ0n) is 11.0. The van der Waals surface area contributed by atoms with E-state index in [4.69, 9.17) is 10.2 Å². The van der Waals surface area contributed by atoms with E-state index in [0.717, 1.165) is 30.3 Å². The Kier molecular flexibility index (Phi) is 4.18. The van der Waals surface area contributed by atoms with Crippen LogP contribution in [0.3, 0.4) is 0 Å². The Labute approximate surface area is 122 Å². The van der Waals surface area contributed by atoms with Crippen molar-refractivity contribution in [2.75, 3.05) is 0 Å². The lowest BCUT2D eigenvalue weighted by Gasteiger charge is -2.12. The van der Waals surface area contributed by atoms with Gasteiger partial charge >= 0.3 is 12.1 Å². The van der Waals surface area contributed by atoms with E-state index in [-0.39, 0.29) is 22.3 Å². The number of alkyl halides is 2. The number of carbonyl (C=O) groups is 1. The van der Waals surface area contributed by atoms with Gasteiger partial charge in [-0.3, -0.25) is 0 Å². The Morgan fingerprint density at radius 2 is 1.77 bits per heavy atom. The smallest absolute Gasteiger partial charge is 0.357 e. The highest BCUT2D eigenvalue weighted by Crippen LogP contribution is 2.28. The lowest BCUT2D eigenvalue weighted by Crippen LogP contribution is -2.18. The minimum absolute atomic E-state index is 0.00310. The van der Waals surface area contributed by atoms with E-state index in [1.165, 1.54) is 0 Å². The first-order chi connectivity index (χ1) is 10.2. The zero-order chi connectivity index (χ0) is 16.5. The van der Waals surface area contributed by atoms with Crippen LogP contribution in [0.4, 0.5) is 17.6 Å². The van der Waals surface area contributed by atoms with Crippen molar-refractivity contribution in [3.05, 3.63) is 59.2 Å². The topological polar surface area (TPSA) is 57.5 Å². The number of carboxylic acid groups (broad SMARTS) is 1. The Bertz CT molecular complexity index is 723. The molecule has 0 atom stereocenters. The molecule has 2 aromatic rings. The van der Waals surface area contributed by atoms with Gasteiger partial charge in [0.2, 0.25) is 0 Å². The molecule has 0 heterocycles. The van der Waals surface area contributed by atoms with Gasteiger partial charge in [0.1, 0.15) is 11.6 Å². The summed E-state index contributed by atoms with van der Waals surface area (Å²) in [5.74, 6) is -3.17. The monoisotopic (exact) mass is 314 g/mol. The SMILES string of the molecule is O=C(O)c1cc(CC(O)(F)F)cc(-c2ccc(F)cc2F)c1. The van der Waals surface area contributed by atoms with Crippen LogP contribution in [-0.2, 0) is 6.42 Å². The number of hydrogen-bond donors (Lipinski definition) is 2. The molecule has 2 rings (SSSR count). The third kappa shape index (κ3) is 3.82. The second-order valence-electron chi connectivity index (χ2n) is 4.69. The summed E-state index contributed by atoms with van der Waals surface area (Å²) in [6.07, 6.45) is -5.15. The summed E-state index contributed by atoms with van der Waals surface area (Å²) < 4.78 is 52.0. The second-order valence-corrected chi connectivity index (χ2v) is 4.69. The largest absolute Gasteiger partial charge is 0.478 e. The molecule has 0 saturated carbocycles. The van der Waals surface area contributed by atoms with Crippen molar-refractivity contribution in [3.63, 3.8) is 0 Å². The normalized spacial score (nSPS) is 11.5. The predicted molar refractivity (Wildman–Crippen MR) is 69.6 cm³/mol. The maximum absolute atomic E-state index is 13.8. The molecule has 116 valence electrons. The lowest BCUT2D eigenvalue weighted by atomic mass is 9.97. The van der Waals surface area contributed by atoms with Crippen LogP contribution in [0.1, 0.15) is 15.9 Å². The van der Waals surface area contributed by atoms with Crippen LogP contribution in [0, 0.1) is 11.6 Å². The predicted octanol–water partition coefficient (Wildman–Crippen LogP) is 3.46. The summed E-state index contributed by atoms with van der Waals surface area (Å²) in [7, 11) is 0. The molecule has 0 unspecified atom stereocenters. The van der Waals surface area contributed by atoms with Crippen LogP contribution >= 0.6 is 0 Å². The average molecular weight is 314 g/mol. The molecule has 0 amide bonds. The van der Waals surface area contributed by atoms with E-state index in [1.54, 1.807) is 0 Å². The third-order valence-electron chi connectivity index (χ3n) is 2.90. The second kappa shape index (κ2) is 5.76. The number of halogens is 4. The van der Waals surface area contributed by atoms with E-state index in [0.29, 0.717) is 6.07 Å². The van der Waals surface area contributed by atoms with Crippen molar-refractivity contribution >= 4 is 5.97 Å². The molecule has 0 bridgehead atoms. The van der Waals surface area contributed by atoms with E-state index in [9.17, 15) is 22.4 Å². The van der Waals surface area contributed by atoms with E-state index in [1.807, 2.05) is 0 Å². The molecule has 22 heavy (non-hydrogen) atoms. The maximum Gasteiger partial charge on any atom is 0.357 e. The first kappa shape index (κ1) is 16.0. The molecule has 0 aliphatic heterocycles. The Hall–Kier alpha value is -2.41. The standard InChI is InChI=1S/C15H10F4O3/c16-11-1-2-12(13(17)6-11)9-3-8(7-15(18,19)22)4-10(5-9)14(20)21/h1-6,22H,7H2,(H,20,21). The molecular formula is C15H10F4O3. The summed E-state index contributed by atoms with van der Waals surface area (Å²) in [6.45, 7) is 0. The molecule has 2 aromatic carbocycles. The zero-order valence-corrected chi connectivity index (χ0v) is 11.0. The fraction of sp³-hybridized carbons (Fsp3) is 0.133. The van der Waals surface area contributed by atoms with Crippen molar-refractivity contribution in [1.29, 1.82) is 0 Å². The van der Waals surface area contributed by atoms with E-state index < -0.39 is 30.1 Å². The molecule has 0 saturated heterocycles. The van der Waals surface area contributed by atoms with Gasteiger partial charge in [0.05, 0.1) is 12.0 Å². The minimum Gasteiger partial charge on any atom is -0.478 e. The Morgan fingerprint density at radius 1 is 1.09 bits per heavy atom.